The molecule has 0 radical (unpaired) electrons. The van der Waals surface area contributed by atoms with Crippen LogP contribution in [-0.4, -0.2) is 23.3 Å². The Labute approximate surface area is 171 Å². The molecule has 0 aliphatic heterocycles. The van der Waals surface area contributed by atoms with Crippen molar-refractivity contribution in [2.45, 2.75) is 45.1 Å². The quantitative estimate of drug-likeness (QED) is 0.259. The lowest BCUT2D eigenvalue weighted by Gasteiger charge is -2.23. The van der Waals surface area contributed by atoms with Crippen molar-refractivity contribution in [3.8, 4) is 5.75 Å². The van der Waals surface area contributed by atoms with Gasteiger partial charge in [0.2, 0.25) is 0 Å². The van der Waals surface area contributed by atoms with Crippen molar-refractivity contribution in [2.24, 2.45) is 5.10 Å². The van der Waals surface area contributed by atoms with Crippen LogP contribution in [0.25, 0.3) is 0 Å². The van der Waals surface area contributed by atoms with Crippen molar-refractivity contribution in [3.63, 3.8) is 0 Å². The van der Waals surface area contributed by atoms with Gasteiger partial charge in [-0.1, -0.05) is 37.0 Å². The lowest BCUT2D eigenvalue weighted by Crippen LogP contribution is -2.40. The Morgan fingerprint density at radius 2 is 1.89 bits per heavy atom. The number of esters is 1. The lowest BCUT2D eigenvalue weighted by atomic mass is 9.96. The van der Waals surface area contributed by atoms with Gasteiger partial charge in [0.25, 0.3) is 0 Å². The van der Waals surface area contributed by atoms with E-state index >= 15 is 0 Å². The van der Waals surface area contributed by atoms with Crippen LogP contribution in [0.3, 0.4) is 0 Å². The van der Waals surface area contributed by atoms with Crippen LogP contribution in [0.2, 0.25) is 0 Å². The molecule has 0 aromatic heterocycles. The summed E-state index contributed by atoms with van der Waals surface area (Å²) in [6.45, 7) is 1.94. The lowest BCUT2D eigenvalue weighted by molar-refractivity contribution is 0.0734. The summed E-state index contributed by atoms with van der Waals surface area (Å²) in [5, 5.41) is 8.02. The summed E-state index contributed by atoms with van der Waals surface area (Å²) >= 11 is 5.28. The molecule has 0 saturated heterocycles. The van der Waals surface area contributed by atoms with Gasteiger partial charge in [-0.3, -0.25) is 5.43 Å². The first-order valence-electron chi connectivity index (χ1n) is 9.58. The Bertz CT molecular complexity index is 843. The summed E-state index contributed by atoms with van der Waals surface area (Å²) in [5.74, 6) is 0.122. The van der Waals surface area contributed by atoms with E-state index in [9.17, 15) is 4.79 Å². The largest absolute Gasteiger partial charge is 0.423 e. The number of aryl methyl sites for hydroxylation is 1. The fourth-order valence-electron chi connectivity index (χ4n) is 3.19. The first kappa shape index (κ1) is 20.0. The molecule has 0 heterocycles. The van der Waals surface area contributed by atoms with Gasteiger partial charge in [0.1, 0.15) is 5.75 Å². The van der Waals surface area contributed by atoms with Gasteiger partial charge < -0.3 is 10.1 Å². The van der Waals surface area contributed by atoms with Crippen LogP contribution in [0.15, 0.2) is 53.6 Å². The molecule has 146 valence electrons. The number of benzene rings is 2. The van der Waals surface area contributed by atoms with Crippen LogP contribution in [0.5, 0.6) is 5.75 Å². The van der Waals surface area contributed by atoms with Gasteiger partial charge in [-0.2, -0.15) is 5.10 Å². The highest BCUT2D eigenvalue weighted by Crippen LogP contribution is 2.17. The van der Waals surface area contributed by atoms with E-state index in [4.69, 9.17) is 17.0 Å². The summed E-state index contributed by atoms with van der Waals surface area (Å²) in [6.07, 6.45) is 7.82. The number of hydrazone groups is 1. The number of ether oxygens (including phenoxy) is 1. The fourth-order valence-corrected chi connectivity index (χ4v) is 3.41. The highest BCUT2D eigenvalue weighted by atomic mass is 32.1. The molecule has 0 unspecified atom stereocenters. The standard InChI is InChI=1S/C22H25N3O2S/c1-16-6-5-7-18(14-16)21(26)27-20-12-10-17(11-13-20)15-23-25-22(28)24-19-8-3-2-4-9-19/h5-7,10-15,19H,2-4,8-9H2,1H3,(H2,24,25,28)/b23-15+. The van der Waals surface area contributed by atoms with E-state index < -0.39 is 0 Å². The number of thiocarbonyl (C=S) groups is 1. The second kappa shape index (κ2) is 9.99. The molecule has 6 heteroatoms. The van der Waals surface area contributed by atoms with E-state index in [0.717, 1.165) is 24.0 Å². The minimum atomic E-state index is -0.370. The predicted octanol–water partition coefficient (Wildman–Crippen LogP) is 4.34. The second-order valence-corrected chi connectivity index (χ2v) is 7.41. The number of hydrogen-bond acceptors (Lipinski definition) is 4. The van der Waals surface area contributed by atoms with E-state index in [-0.39, 0.29) is 5.97 Å². The summed E-state index contributed by atoms with van der Waals surface area (Å²) in [4.78, 5) is 12.2. The van der Waals surface area contributed by atoms with Crippen molar-refractivity contribution >= 4 is 29.5 Å². The molecule has 28 heavy (non-hydrogen) atoms. The Morgan fingerprint density at radius 1 is 1.14 bits per heavy atom. The molecule has 2 aromatic carbocycles. The Kier molecular flexibility index (Phi) is 7.14. The van der Waals surface area contributed by atoms with Gasteiger partial charge in [0.05, 0.1) is 11.8 Å². The molecule has 0 spiro atoms. The minimum absolute atomic E-state index is 0.370. The highest BCUT2D eigenvalue weighted by molar-refractivity contribution is 7.80. The number of nitrogens with zero attached hydrogens (tertiary/aromatic N) is 1. The van der Waals surface area contributed by atoms with Gasteiger partial charge in [-0.05, 0) is 73.9 Å². The predicted molar refractivity (Wildman–Crippen MR) is 116 cm³/mol. The zero-order chi connectivity index (χ0) is 19.8. The van der Waals surface area contributed by atoms with Crippen molar-refractivity contribution in [1.82, 2.24) is 10.7 Å². The summed E-state index contributed by atoms with van der Waals surface area (Å²) < 4.78 is 5.41. The van der Waals surface area contributed by atoms with Crippen molar-refractivity contribution < 1.29 is 9.53 Å². The Hall–Kier alpha value is -2.73. The van der Waals surface area contributed by atoms with Gasteiger partial charge >= 0.3 is 5.97 Å². The topological polar surface area (TPSA) is 62.7 Å². The number of hydrogen-bond donors (Lipinski definition) is 2. The molecule has 0 atom stereocenters. The van der Waals surface area contributed by atoms with Crippen LogP contribution < -0.4 is 15.5 Å². The maximum absolute atomic E-state index is 12.2. The van der Waals surface area contributed by atoms with Crippen LogP contribution >= 0.6 is 12.2 Å². The third-order valence-electron chi connectivity index (χ3n) is 4.66. The van der Waals surface area contributed by atoms with Crippen molar-refractivity contribution in [2.75, 3.05) is 0 Å². The molecule has 2 aromatic rings. The second-order valence-electron chi connectivity index (χ2n) is 7.01. The van der Waals surface area contributed by atoms with Crippen LogP contribution in [0.1, 0.15) is 53.6 Å². The third kappa shape index (κ3) is 6.16. The highest BCUT2D eigenvalue weighted by Gasteiger charge is 2.13. The average molecular weight is 396 g/mol. The van der Waals surface area contributed by atoms with E-state index in [1.165, 1.54) is 19.3 Å². The number of nitrogens with one attached hydrogen (secondary N) is 2. The molecule has 0 amide bonds. The molecule has 0 bridgehead atoms. The van der Waals surface area contributed by atoms with Crippen LogP contribution in [0.4, 0.5) is 0 Å². The molecule has 1 saturated carbocycles. The van der Waals surface area contributed by atoms with E-state index in [2.05, 4.69) is 15.8 Å². The SMILES string of the molecule is Cc1cccc(C(=O)Oc2ccc(/C=N/NC(=S)NC3CCCCC3)cc2)c1. The molecule has 1 fully saturated rings. The van der Waals surface area contributed by atoms with Crippen molar-refractivity contribution in [1.29, 1.82) is 0 Å². The summed E-state index contributed by atoms with van der Waals surface area (Å²) in [7, 11) is 0. The Balaban J connectivity index is 1.47. The van der Waals surface area contributed by atoms with Gasteiger partial charge in [0.15, 0.2) is 5.11 Å². The molecule has 1 aliphatic rings. The monoisotopic (exact) mass is 395 g/mol. The molecule has 5 nitrogen and oxygen atoms in total. The molecule has 1 aliphatic carbocycles. The Morgan fingerprint density at radius 3 is 2.61 bits per heavy atom. The van der Waals surface area contributed by atoms with Crippen molar-refractivity contribution in [3.05, 3.63) is 65.2 Å². The maximum Gasteiger partial charge on any atom is 0.343 e. The molecular weight excluding hydrogens is 370 g/mol. The zero-order valence-corrected chi connectivity index (χ0v) is 16.8. The van der Waals surface area contributed by atoms with E-state index in [0.29, 0.717) is 22.5 Å². The average Bonchev–Trinajstić information content (AvgIpc) is 2.70. The van der Waals surface area contributed by atoms with Gasteiger partial charge in [-0.25, -0.2) is 4.79 Å². The maximum atomic E-state index is 12.2. The smallest absolute Gasteiger partial charge is 0.343 e. The van der Waals surface area contributed by atoms with Gasteiger partial charge in [0, 0.05) is 6.04 Å². The van der Waals surface area contributed by atoms with Gasteiger partial charge in [-0.15, -0.1) is 0 Å². The normalized spacial score (nSPS) is 14.6. The first-order valence-corrected chi connectivity index (χ1v) is 9.99. The van der Waals surface area contributed by atoms with Crippen LogP contribution in [0, 0.1) is 6.92 Å². The fraction of sp³-hybridized carbons (Fsp3) is 0.318. The number of carbonyl (C=O) groups is 1. The zero-order valence-electron chi connectivity index (χ0n) is 16.0. The number of rotatable bonds is 5. The minimum Gasteiger partial charge on any atom is -0.423 e. The number of carbonyl (C=O) groups excluding carboxylic acids is 1. The third-order valence-corrected chi connectivity index (χ3v) is 4.87. The van der Waals surface area contributed by atoms with Crippen LogP contribution in [-0.2, 0) is 0 Å². The molecular formula is C22H25N3O2S. The van der Waals surface area contributed by atoms with E-state index in [1.54, 1.807) is 30.5 Å². The summed E-state index contributed by atoms with van der Waals surface area (Å²) in [6, 6.07) is 14.9. The first-order chi connectivity index (χ1) is 13.6. The molecule has 2 N–H and O–H groups in total. The van der Waals surface area contributed by atoms with E-state index in [1.807, 2.05) is 31.2 Å². The summed E-state index contributed by atoms with van der Waals surface area (Å²) in [5.41, 5.74) is 5.29. The molecule has 3 rings (SSSR count).